The van der Waals surface area contributed by atoms with Crippen molar-refractivity contribution in [3.8, 4) is 0 Å². The lowest BCUT2D eigenvalue weighted by molar-refractivity contribution is -0.337. The average molecular weight is 225 g/mol. The molecule has 0 heterocycles. The maximum Gasteiger partial charge on any atom is 0.508 e. The normalized spacial score (nSPS) is 13.5. The van der Waals surface area contributed by atoms with Crippen LogP contribution in [-0.4, -0.2) is 31.3 Å². The Morgan fingerprint density at radius 2 is 1.80 bits per heavy atom. The SMILES string of the molecule is COC(=O)OC(C(C)C)C(F)(F)C(=O)[O-]. The predicted molar refractivity (Wildman–Crippen MR) is 42.1 cm³/mol. The molecule has 0 aliphatic rings. The zero-order valence-corrected chi connectivity index (χ0v) is 8.45. The van der Waals surface area contributed by atoms with Gasteiger partial charge in [-0.2, -0.15) is 8.78 Å². The molecule has 0 amide bonds. The number of ether oxygens (including phenoxy) is 2. The zero-order valence-electron chi connectivity index (χ0n) is 8.45. The predicted octanol–water partition coefficient (Wildman–Crippen LogP) is 0.179. The Kier molecular flexibility index (Phi) is 4.44. The fourth-order valence-electron chi connectivity index (χ4n) is 0.897. The van der Waals surface area contributed by atoms with E-state index in [1.54, 1.807) is 0 Å². The van der Waals surface area contributed by atoms with Crippen molar-refractivity contribution in [2.45, 2.75) is 25.9 Å². The van der Waals surface area contributed by atoms with Gasteiger partial charge in [0.25, 0.3) is 0 Å². The van der Waals surface area contributed by atoms with E-state index in [-0.39, 0.29) is 0 Å². The molecule has 15 heavy (non-hydrogen) atoms. The minimum absolute atomic E-state index is 0.892. The number of carboxylic acid groups (broad SMARTS) is 1. The van der Waals surface area contributed by atoms with E-state index in [2.05, 4.69) is 9.47 Å². The van der Waals surface area contributed by atoms with E-state index in [0.717, 1.165) is 7.11 Å². The largest absolute Gasteiger partial charge is 0.544 e. The molecule has 1 atom stereocenters. The van der Waals surface area contributed by atoms with Crippen molar-refractivity contribution in [2.24, 2.45) is 5.92 Å². The monoisotopic (exact) mass is 225 g/mol. The van der Waals surface area contributed by atoms with Gasteiger partial charge >= 0.3 is 12.1 Å². The Balaban J connectivity index is 4.81. The van der Waals surface area contributed by atoms with E-state index in [4.69, 9.17) is 0 Å². The molecule has 0 fully saturated rings. The van der Waals surface area contributed by atoms with Gasteiger partial charge in [0.2, 0.25) is 0 Å². The smallest absolute Gasteiger partial charge is 0.508 e. The van der Waals surface area contributed by atoms with Gasteiger partial charge in [-0.3, -0.25) is 0 Å². The molecule has 0 radical (unpaired) electrons. The first-order valence-corrected chi connectivity index (χ1v) is 4.07. The lowest BCUT2D eigenvalue weighted by atomic mass is 10.0. The van der Waals surface area contributed by atoms with Crippen molar-refractivity contribution in [3.05, 3.63) is 0 Å². The number of carboxylic acids is 1. The van der Waals surface area contributed by atoms with Crippen LogP contribution in [0.5, 0.6) is 0 Å². The molecule has 0 spiro atoms. The van der Waals surface area contributed by atoms with Gasteiger partial charge in [-0.25, -0.2) is 4.79 Å². The summed E-state index contributed by atoms with van der Waals surface area (Å²) in [5.74, 6) is -7.73. The highest BCUT2D eigenvalue weighted by Crippen LogP contribution is 2.26. The quantitative estimate of drug-likeness (QED) is 0.638. The molecule has 0 aliphatic carbocycles. The molecule has 7 heteroatoms. The van der Waals surface area contributed by atoms with Gasteiger partial charge in [0.05, 0.1) is 7.11 Å². The average Bonchev–Trinajstić information content (AvgIpc) is 2.12. The molecule has 5 nitrogen and oxygen atoms in total. The third-order valence-corrected chi connectivity index (χ3v) is 1.62. The van der Waals surface area contributed by atoms with Crippen molar-refractivity contribution in [3.63, 3.8) is 0 Å². The first-order valence-electron chi connectivity index (χ1n) is 4.07. The fraction of sp³-hybridized carbons (Fsp3) is 0.750. The molecular weight excluding hydrogens is 214 g/mol. The number of methoxy groups -OCH3 is 1. The van der Waals surface area contributed by atoms with E-state index < -0.39 is 30.1 Å². The molecule has 0 aromatic heterocycles. The first-order chi connectivity index (χ1) is 6.73. The molecular formula is C8H11F2O5-. The Hall–Kier alpha value is -1.40. The van der Waals surface area contributed by atoms with Gasteiger partial charge < -0.3 is 19.4 Å². The van der Waals surface area contributed by atoms with Gasteiger partial charge in [0, 0.05) is 0 Å². The maximum absolute atomic E-state index is 13.0. The summed E-state index contributed by atoms with van der Waals surface area (Å²) in [7, 11) is 0.927. The summed E-state index contributed by atoms with van der Waals surface area (Å²) in [6.07, 6.45) is -3.48. The van der Waals surface area contributed by atoms with E-state index in [1.807, 2.05) is 0 Å². The van der Waals surface area contributed by atoms with Crippen LogP contribution < -0.4 is 5.11 Å². The molecule has 0 rings (SSSR count). The van der Waals surface area contributed by atoms with Crippen LogP contribution in [0.3, 0.4) is 0 Å². The van der Waals surface area contributed by atoms with E-state index >= 15 is 0 Å². The highest BCUT2D eigenvalue weighted by Gasteiger charge is 2.46. The van der Waals surface area contributed by atoms with E-state index in [0.29, 0.717) is 0 Å². The summed E-state index contributed by atoms with van der Waals surface area (Å²) < 4.78 is 34.1. The standard InChI is InChI=1S/C8H12F2O5/c1-4(2)5(15-7(13)14-3)8(9,10)6(11)12/h4-5H,1-3H3,(H,11,12)/p-1. The molecule has 88 valence electrons. The van der Waals surface area contributed by atoms with Crippen LogP contribution >= 0.6 is 0 Å². The zero-order chi connectivity index (χ0) is 12.2. The summed E-state index contributed by atoms with van der Waals surface area (Å²) in [6.45, 7) is 2.56. The Bertz CT molecular complexity index is 251. The third kappa shape index (κ3) is 3.34. The van der Waals surface area contributed by atoms with E-state index in [9.17, 15) is 23.5 Å². The minimum atomic E-state index is -4.25. The fourth-order valence-corrected chi connectivity index (χ4v) is 0.897. The van der Waals surface area contributed by atoms with Crippen LogP contribution in [0.2, 0.25) is 0 Å². The molecule has 0 aromatic carbocycles. The van der Waals surface area contributed by atoms with Crippen molar-refractivity contribution in [1.29, 1.82) is 0 Å². The van der Waals surface area contributed by atoms with Crippen molar-refractivity contribution in [2.75, 3.05) is 7.11 Å². The Morgan fingerprint density at radius 3 is 2.07 bits per heavy atom. The highest BCUT2D eigenvalue weighted by molar-refractivity contribution is 5.74. The number of hydrogen-bond donors (Lipinski definition) is 0. The number of alkyl halides is 2. The van der Waals surface area contributed by atoms with Crippen LogP contribution in [-0.2, 0) is 14.3 Å². The van der Waals surface area contributed by atoms with Crippen molar-refractivity contribution >= 4 is 12.1 Å². The van der Waals surface area contributed by atoms with Crippen LogP contribution in [0.15, 0.2) is 0 Å². The van der Waals surface area contributed by atoms with E-state index in [1.165, 1.54) is 13.8 Å². The Labute approximate surface area is 85.0 Å². The Morgan fingerprint density at radius 1 is 1.33 bits per heavy atom. The number of hydrogen-bond acceptors (Lipinski definition) is 5. The van der Waals surface area contributed by atoms with Gasteiger partial charge in [0.15, 0.2) is 6.10 Å². The molecule has 1 unspecified atom stereocenters. The van der Waals surface area contributed by atoms with Crippen molar-refractivity contribution in [1.82, 2.24) is 0 Å². The summed E-state index contributed by atoms with van der Waals surface area (Å²) in [4.78, 5) is 20.7. The highest BCUT2D eigenvalue weighted by atomic mass is 19.3. The maximum atomic E-state index is 13.0. The van der Waals surface area contributed by atoms with Gasteiger partial charge in [-0.1, -0.05) is 13.8 Å². The number of carbonyl (C=O) groups is 2. The molecule has 0 bridgehead atoms. The topological polar surface area (TPSA) is 75.7 Å². The van der Waals surface area contributed by atoms with Crippen LogP contribution in [0.25, 0.3) is 0 Å². The summed E-state index contributed by atoms with van der Waals surface area (Å²) in [5.41, 5.74) is 0. The molecule has 0 saturated carbocycles. The molecule has 0 aromatic rings. The molecule has 0 N–H and O–H groups in total. The van der Waals surface area contributed by atoms with Gasteiger partial charge in [0.1, 0.15) is 5.97 Å². The number of rotatable bonds is 4. The van der Waals surface area contributed by atoms with Crippen LogP contribution in [0.4, 0.5) is 13.6 Å². The minimum Gasteiger partial charge on any atom is -0.544 e. The van der Waals surface area contributed by atoms with Crippen molar-refractivity contribution < 1.29 is 33.0 Å². The molecule has 0 aliphatic heterocycles. The van der Waals surface area contributed by atoms with Gasteiger partial charge in [-0.15, -0.1) is 0 Å². The van der Waals surface area contributed by atoms with Gasteiger partial charge in [-0.05, 0) is 5.92 Å². The number of carbonyl (C=O) groups excluding carboxylic acids is 2. The summed E-state index contributed by atoms with van der Waals surface area (Å²) >= 11 is 0. The number of aliphatic carboxylic acids is 1. The second-order valence-electron chi connectivity index (χ2n) is 3.15. The first kappa shape index (κ1) is 13.6. The lowest BCUT2D eigenvalue weighted by Gasteiger charge is -2.29. The van der Waals surface area contributed by atoms with Crippen LogP contribution in [0, 0.1) is 5.92 Å². The van der Waals surface area contributed by atoms with Crippen LogP contribution in [0.1, 0.15) is 13.8 Å². The second-order valence-corrected chi connectivity index (χ2v) is 3.15. The number of halogens is 2. The molecule has 0 saturated heterocycles. The third-order valence-electron chi connectivity index (χ3n) is 1.62. The lowest BCUT2D eigenvalue weighted by Crippen LogP contribution is -2.53. The summed E-state index contributed by atoms with van der Waals surface area (Å²) in [6, 6.07) is 0. The second kappa shape index (κ2) is 4.90. The summed E-state index contributed by atoms with van der Waals surface area (Å²) in [5, 5.41) is 10.1.